The van der Waals surface area contributed by atoms with Crippen LogP contribution in [-0.2, 0) is 0 Å². The second kappa shape index (κ2) is 2.73. The summed E-state index contributed by atoms with van der Waals surface area (Å²) in [7, 11) is 0. The van der Waals surface area contributed by atoms with E-state index in [-0.39, 0.29) is 0 Å². The van der Waals surface area contributed by atoms with Crippen LogP contribution in [0.3, 0.4) is 0 Å². The molecule has 0 spiro atoms. The number of piperazine rings is 1. The molecule has 0 aliphatic carbocycles. The van der Waals surface area contributed by atoms with Crippen molar-refractivity contribution in [1.82, 2.24) is 10.6 Å². The molecule has 0 radical (unpaired) electrons. The molecule has 0 saturated carbocycles. The van der Waals surface area contributed by atoms with Crippen molar-refractivity contribution in [3.05, 3.63) is 0 Å². The average molecular weight is 92.1 g/mol. The summed E-state index contributed by atoms with van der Waals surface area (Å²) in [5, 5.41) is 6.59. The molecule has 1 fully saturated rings. The zero-order chi connectivity index (χ0) is 5.11. The molecule has 36 valence electrons. The number of nitrogens with one attached hydrogen (secondary N) is 2. The summed E-state index contributed by atoms with van der Waals surface area (Å²) >= 11 is 2.19. The van der Waals surface area contributed by atoms with Crippen LogP contribution in [0.15, 0.2) is 0 Å². The molecule has 1 rings (SSSR count). The van der Waals surface area contributed by atoms with Gasteiger partial charge in [0, 0.05) is 0 Å². The fourth-order valence-electron chi connectivity index (χ4n) is 0.798. The molecule has 1 aliphatic heterocycles. The second-order valence-electron chi connectivity index (χ2n) is 2.06. The van der Waals surface area contributed by atoms with Crippen molar-refractivity contribution >= 4 is 17.7 Å². The summed E-state index contributed by atoms with van der Waals surface area (Å²) in [6, 6.07) is 0. The Bertz CT molecular complexity index is 51.7. The SMILES string of the molecule is [Li][CH]1CNCCN1. The minimum atomic E-state index is 0.675. The Balaban J connectivity index is 2.12. The molecule has 1 saturated heterocycles. The molecule has 7 heavy (non-hydrogen) atoms. The third kappa shape index (κ3) is 1.83. The van der Waals surface area contributed by atoms with Crippen LogP contribution in [0.4, 0.5) is 0 Å². The van der Waals surface area contributed by atoms with Gasteiger partial charge >= 0.3 is 52.7 Å². The first-order valence-electron chi connectivity index (χ1n) is 2.83. The quantitative estimate of drug-likeness (QED) is 0.362. The normalized spacial score (nSPS) is 33.1. The van der Waals surface area contributed by atoms with Crippen molar-refractivity contribution in [2.75, 3.05) is 19.6 Å². The minimum absolute atomic E-state index is 0.675. The molecule has 0 aromatic heterocycles. The van der Waals surface area contributed by atoms with Gasteiger partial charge in [-0.3, -0.25) is 0 Å². The van der Waals surface area contributed by atoms with E-state index in [1.54, 1.807) is 0 Å². The predicted octanol–water partition coefficient (Wildman–Crippen LogP) is -1.33. The van der Waals surface area contributed by atoms with Crippen molar-refractivity contribution in [2.24, 2.45) is 0 Å². The van der Waals surface area contributed by atoms with Gasteiger partial charge in [0.15, 0.2) is 0 Å². The van der Waals surface area contributed by atoms with Crippen molar-refractivity contribution < 1.29 is 0 Å². The van der Waals surface area contributed by atoms with Gasteiger partial charge in [0.1, 0.15) is 0 Å². The molecule has 1 atom stereocenters. The molecule has 1 unspecified atom stereocenters. The molecule has 3 heteroatoms. The van der Waals surface area contributed by atoms with E-state index in [2.05, 4.69) is 28.3 Å². The van der Waals surface area contributed by atoms with E-state index in [1.165, 1.54) is 0 Å². The van der Waals surface area contributed by atoms with E-state index in [0.717, 1.165) is 19.6 Å². The van der Waals surface area contributed by atoms with E-state index in [1.807, 2.05) is 0 Å². The Kier molecular flexibility index (Phi) is 2.21. The molecule has 0 aromatic rings. The molecule has 2 nitrogen and oxygen atoms in total. The third-order valence-corrected chi connectivity index (χ3v) is 1.25. The number of hydrogen-bond acceptors (Lipinski definition) is 2. The topological polar surface area (TPSA) is 24.1 Å². The van der Waals surface area contributed by atoms with Gasteiger partial charge in [0.05, 0.1) is 0 Å². The molecule has 0 amide bonds. The van der Waals surface area contributed by atoms with Gasteiger partial charge in [-0.15, -0.1) is 0 Å². The van der Waals surface area contributed by atoms with Crippen LogP contribution in [-0.4, -0.2) is 42.1 Å². The van der Waals surface area contributed by atoms with Crippen molar-refractivity contribution in [1.29, 1.82) is 0 Å². The molecule has 0 aromatic carbocycles. The monoisotopic (exact) mass is 92.1 g/mol. The molecular weight excluding hydrogens is 83.0 g/mol. The summed E-state index contributed by atoms with van der Waals surface area (Å²) in [6.45, 7) is 3.38. The zero-order valence-corrected chi connectivity index (χ0v) is 4.70. The van der Waals surface area contributed by atoms with Gasteiger partial charge < -0.3 is 0 Å². The fourth-order valence-corrected chi connectivity index (χ4v) is 0.798. The molecular formula is C4H9LiN2. The maximum atomic E-state index is 3.32. The number of rotatable bonds is 0. The van der Waals surface area contributed by atoms with Crippen LogP contribution < -0.4 is 10.6 Å². The van der Waals surface area contributed by atoms with E-state index >= 15 is 0 Å². The maximum absolute atomic E-state index is 3.32. The summed E-state index contributed by atoms with van der Waals surface area (Å²) in [4.78, 5) is 0. The van der Waals surface area contributed by atoms with Crippen LogP contribution in [0.2, 0.25) is 0 Å². The summed E-state index contributed by atoms with van der Waals surface area (Å²) in [5.74, 6) is 0. The van der Waals surface area contributed by atoms with Crippen molar-refractivity contribution in [2.45, 2.75) is 4.71 Å². The van der Waals surface area contributed by atoms with Gasteiger partial charge in [-0.05, 0) is 0 Å². The third-order valence-electron chi connectivity index (χ3n) is 1.25. The standard InChI is InChI=1S/C4H9N2.Li/c1-2-6-4-3-5-1;/h1,5-6H,2-4H2;. The summed E-state index contributed by atoms with van der Waals surface area (Å²) < 4.78 is 0.675. The van der Waals surface area contributed by atoms with E-state index in [9.17, 15) is 0 Å². The fraction of sp³-hybridized carbons (Fsp3) is 1.00. The van der Waals surface area contributed by atoms with Gasteiger partial charge in [0.2, 0.25) is 0 Å². The van der Waals surface area contributed by atoms with Crippen molar-refractivity contribution in [3.8, 4) is 0 Å². The Morgan fingerprint density at radius 1 is 1.43 bits per heavy atom. The van der Waals surface area contributed by atoms with Gasteiger partial charge in [-0.1, -0.05) is 0 Å². The van der Waals surface area contributed by atoms with Gasteiger partial charge in [0.25, 0.3) is 0 Å². The Morgan fingerprint density at radius 2 is 2.29 bits per heavy atom. The molecule has 1 aliphatic rings. The Hall–Kier alpha value is 0.517. The first-order valence-corrected chi connectivity index (χ1v) is 2.83. The first-order chi connectivity index (χ1) is 3.39. The Morgan fingerprint density at radius 3 is 2.57 bits per heavy atom. The average Bonchev–Trinajstić information content (AvgIpc) is 1.69. The van der Waals surface area contributed by atoms with E-state index in [4.69, 9.17) is 0 Å². The number of hydrogen-bond donors (Lipinski definition) is 2. The van der Waals surface area contributed by atoms with E-state index in [0.29, 0.717) is 4.71 Å². The van der Waals surface area contributed by atoms with Crippen LogP contribution in [0.25, 0.3) is 0 Å². The zero-order valence-electron chi connectivity index (χ0n) is 4.70. The van der Waals surface area contributed by atoms with Gasteiger partial charge in [-0.25, -0.2) is 0 Å². The molecule has 2 N–H and O–H groups in total. The summed E-state index contributed by atoms with van der Waals surface area (Å²) in [6.07, 6.45) is 0. The van der Waals surface area contributed by atoms with Crippen LogP contribution in [0.5, 0.6) is 0 Å². The van der Waals surface area contributed by atoms with E-state index < -0.39 is 0 Å². The van der Waals surface area contributed by atoms with Crippen LogP contribution >= 0.6 is 0 Å². The molecule has 1 heterocycles. The first kappa shape index (κ1) is 5.65. The predicted molar refractivity (Wildman–Crippen MR) is 30.4 cm³/mol. The second-order valence-corrected chi connectivity index (χ2v) is 2.06. The molecule has 0 bridgehead atoms. The Labute approximate surface area is 53.3 Å². The van der Waals surface area contributed by atoms with Gasteiger partial charge in [-0.2, -0.15) is 0 Å². The van der Waals surface area contributed by atoms with Crippen molar-refractivity contribution in [3.63, 3.8) is 0 Å². The summed E-state index contributed by atoms with van der Waals surface area (Å²) in [5.41, 5.74) is 0. The van der Waals surface area contributed by atoms with Crippen LogP contribution in [0, 0.1) is 0 Å². The van der Waals surface area contributed by atoms with Crippen LogP contribution in [0.1, 0.15) is 0 Å².